The van der Waals surface area contributed by atoms with Crippen LogP contribution in [0.3, 0.4) is 0 Å². The van der Waals surface area contributed by atoms with Crippen LogP contribution in [0.5, 0.6) is 0 Å². The van der Waals surface area contributed by atoms with Gasteiger partial charge >= 0.3 is 6.03 Å². The van der Waals surface area contributed by atoms with Crippen LogP contribution < -0.4 is 5.32 Å². The summed E-state index contributed by atoms with van der Waals surface area (Å²) in [6, 6.07) is 4.31. The van der Waals surface area contributed by atoms with E-state index in [2.05, 4.69) is 10.5 Å². The van der Waals surface area contributed by atoms with Crippen molar-refractivity contribution in [1.82, 2.24) is 10.1 Å². The lowest BCUT2D eigenvalue weighted by atomic mass is 9.91. The van der Waals surface area contributed by atoms with E-state index >= 15 is 0 Å². The molecule has 1 N–H and O–H groups in total. The number of halogens is 2. The topological polar surface area (TPSA) is 58.4 Å². The number of aromatic nitrogens is 1. The number of nitrogens with one attached hydrogen (secondary N) is 1. The van der Waals surface area contributed by atoms with E-state index in [1.807, 2.05) is 19.9 Å². The molecular formula is C19H21ClFN3O2. The van der Waals surface area contributed by atoms with Gasteiger partial charge in [0.2, 0.25) is 0 Å². The lowest BCUT2D eigenvalue weighted by Gasteiger charge is -2.33. The van der Waals surface area contributed by atoms with Crippen LogP contribution >= 0.6 is 11.6 Å². The molecule has 0 bridgehead atoms. The van der Waals surface area contributed by atoms with Gasteiger partial charge in [0.1, 0.15) is 11.6 Å². The van der Waals surface area contributed by atoms with Crippen molar-refractivity contribution in [2.24, 2.45) is 5.92 Å². The number of likely N-dealkylation sites (tertiary alicyclic amines) is 1. The summed E-state index contributed by atoms with van der Waals surface area (Å²) in [5, 5.41) is 7.15. The molecule has 0 spiro atoms. The van der Waals surface area contributed by atoms with Crippen molar-refractivity contribution in [2.45, 2.75) is 27.2 Å². The van der Waals surface area contributed by atoms with E-state index < -0.39 is 0 Å². The number of rotatable bonds is 2. The Balaban J connectivity index is 1.68. The largest absolute Gasteiger partial charge is 0.359 e. The van der Waals surface area contributed by atoms with Crippen LogP contribution in [-0.4, -0.2) is 29.2 Å². The summed E-state index contributed by atoms with van der Waals surface area (Å²) in [6.07, 6.45) is 2.52. The normalized spacial score (nSPS) is 19.0. The van der Waals surface area contributed by atoms with Crippen molar-refractivity contribution >= 4 is 29.5 Å². The van der Waals surface area contributed by atoms with Gasteiger partial charge in [0.15, 0.2) is 5.82 Å². The lowest BCUT2D eigenvalue weighted by Crippen LogP contribution is -2.42. The van der Waals surface area contributed by atoms with Gasteiger partial charge in [-0.25, -0.2) is 9.18 Å². The van der Waals surface area contributed by atoms with E-state index in [-0.39, 0.29) is 17.8 Å². The standard InChI is InChI=1S/C19H21ClFN3O2/c1-11-10-24(19(25)22-18-12(2)13(3)26-23-18)7-6-14(11)8-15-9-16(20)4-5-17(15)21/h4-5,8-9,11H,6-7,10H2,1-3H3,(H,22,23,25). The molecule has 26 heavy (non-hydrogen) atoms. The van der Waals surface area contributed by atoms with Crippen molar-refractivity contribution in [3.8, 4) is 0 Å². The third kappa shape index (κ3) is 3.90. The van der Waals surface area contributed by atoms with Crippen LogP contribution in [-0.2, 0) is 0 Å². The quantitative estimate of drug-likeness (QED) is 0.797. The van der Waals surface area contributed by atoms with Gasteiger partial charge in [-0.3, -0.25) is 5.32 Å². The van der Waals surface area contributed by atoms with Gasteiger partial charge in [0.25, 0.3) is 0 Å². The van der Waals surface area contributed by atoms with Crippen LogP contribution in [0.25, 0.3) is 6.08 Å². The summed E-state index contributed by atoms with van der Waals surface area (Å²) in [6.45, 7) is 6.78. The van der Waals surface area contributed by atoms with Gasteiger partial charge in [0.05, 0.1) is 0 Å². The molecule has 0 radical (unpaired) electrons. The summed E-state index contributed by atoms with van der Waals surface area (Å²) in [5.74, 6) is 0.947. The van der Waals surface area contributed by atoms with Gasteiger partial charge in [0, 0.05) is 29.2 Å². The molecule has 1 atom stereocenters. The predicted octanol–water partition coefficient (Wildman–Crippen LogP) is 5.04. The Hall–Kier alpha value is -2.34. The minimum atomic E-state index is -0.300. The van der Waals surface area contributed by atoms with Crippen molar-refractivity contribution in [1.29, 1.82) is 0 Å². The number of carbonyl (C=O) groups is 1. The molecule has 1 aliphatic rings. The highest BCUT2D eigenvalue weighted by Gasteiger charge is 2.25. The van der Waals surface area contributed by atoms with Gasteiger partial charge in [-0.05, 0) is 44.4 Å². The highest BCUT2D eigenvalue weighted by atomic mass is 35.5. The molecule has 1 saturated heterocycles. The number of hydrogen-bond donors (Lipinski definition) is 1. The van der Waals surface area contributed by atoms with E-state index in [1.54, 1.807) is 17.9 Å². The number of urea groups is 1. The zero-order chi connectivity index (χ0) is 18.8. The monoisotopic (exact) mass is 377 g/mol. The minimum absolute atomic E-state index is 0.119. The molecule has 0 aliphatic carbocycles. The average molecular weight is 378 g/mol. The number of carbonyl (C=O) groups excluding carboxylic acids is 1. The number of aryl methyl sites for hydroxylation is 1. The van der Waals surface area contributed by atoms with E-state index in [4.69, 9.17) is 16.1 Å². The van der Waals surface area contributed by atoms with Crippen molar-refractivity contribution < 1.29 is 13.7 Å². The number of amides is 2. The van der Waals surface area contributed by atoms with Crippen molar-refractivity contribution in [3.05, 3.63) is 51.5 Å². The zero-order valence-electron chi connectivity index (χ0n) is 15.0. The molecule has 1 fully saturated rings. The Morgan fingerprint density at radius 3 is 2.88 bits per heavy atom. The molecule has 2 amide bonds. The van der Waals surface area contributed by atoms with Crippen molar-refractivity contribution in [3.63, 3.8) is 0 Å². The lowest BCUT2D eigenvalue weighted by molar-refractivity contribution is 0.197. The first-order chi connectivity index (χ1) is 12.3. The van der Waals surface area contributed by atoms with Crippen LogP contribution in [0.4, 0.5) is 15.0 Å². The number of piperidine rings is 1. The third-order valence-corrected chi connectivity index (χ3v) is 5.00. The van der Waals surface area contributed by atoms with E-state index in [0.717, 1.165) is 11.1 Å². The maximum Gasteiger partial charge on any atom is 0.323 e. The Bertz CT molecular complexity index is 862. The van der Waals surface area contributed by atoms with E-state index in [1.165, 1.54) is 12.1 Å². The fraction of sp³-hybridized carbons (Fsp3) is 0.368. The smallest absolute Gasteiger partial charge is 0.323 e. The zero-order valence-corrected chi connectivity index (χ0v) is 15.7. The Morgan fingerprint density at radius 1 is 1.46 bits per heavy atom. The number of nitrogens with zero attached hydrogens (tertiary/aromatic N) is 2. The first-order valence-electron chi connectivity index (χ1n) is 8.49. The van der Waals surface area contributed by atoms with Crippen LogP contribution in [0, 0.1) is 25.6 Å². The fourth-order valence-corrected chi connectivity index (χ4v) is 3.17. The SMILES string of the molecule is Cc1onc(NC(=O)N2CCC(=Cc3cc(Cl)ccc3F)C(C)C2)c1C. The molecule has 2 heterocycles. The minimum Gasteiger partial charge on any atom is -0.359 e. The molecule has 0 saturated carbocycles. The molecule has 7 heteroatoms. The summed E-state index contributed by atoms with van der Waals surface area (Å²) in [5.41, 5.74) is 2.40. The summed E-state index contributed by atoms with van der Waals surface area (Å²) >= 11 is 5.96. The molecule has 1 aliphatic heterocycles. The highest BCUT2D eigenvalue weighted by Crippen LogP contribution is 2.27. The molecule has 138 valence electrons. The van der Waals surface area contributed by atoms with Crippen LogP contribution in [0.2, 0.25) is 5.02 Å². The molecule has 1 aromatic carbocycles. The number of anilines is 1. The summed E-state index contributed by atoms with van der Waals surface area (Å²) in [4.78, 5) is 14.2. The van der Waals surface area contributed by atoms with Gasteiger partial charge < -0.3 is 9.42 Å². The second-order valence-corrected chi connectivity index (χ2v) is 7.06. The van der Waals surface area contributed by atoms with Crippen molar-refractivity contribution in [2.75, 3.05) is 18.4 Å². The van der Waals surface area contributed by atoms with Gasteiger partial charge in [-0.2, -0.15) is 0 Å². The van der Waals surface area contributed by atoms with Gasteiger partial charge in [-0.1, -0.05) is 35.3 Å². The Morgan fingerprint density at radius 2 is 2.23 bits per heavy atom. The highest BCUT2D eigenvalue weighted by molar-refractivity contribution is 6.30. The fourth-order valence-electron chi connectivity index (χ4n) is 2.99. The number of benzene rings is 1. The second-order valence-electron chi connectivity index (χ2n) is 6.62. The predicted molar refractivity (Wildman–Crippen MR) is 99.7 cm³/mol. The van der Waals surface area contributed by atoms with Gasteiger partial charge in [-0.15, -0.1) is 0 Å². The van der Waals surface area contributed by atoms with Crippen LogP contribution in [0.15, 0.2) is 28.3 Å². The molecule has 2 aromatic rings. The molecule has 1 unspecified atom stereocenters. The Kier molecular flexibility index (Phi) is 5.32. The molecule has 1 aromatic heterocycles. The van der Waals surface area contributed by atoms with Crippen LogP contribution in [0.1, 0.15) is 30.2 Å². The molecular weight excluding hydrogens is 357 g/mol. The molecule has 3 rings (SSSR count). The van der Waals surface area contributed by atoms with E-state index in [0.29, 0.717) is 41.7 Å². The first-order valence-corrected chi connectivity index (χ1v) is 8.87. The summed E-state index contributed by atoms with van der Waals surface area (Å²) < 4.78 is 19.0. The third-order valence-electron chi connectivity index (χ3n) is 4.77. The Labute approximate surface area is 156 Å². The second kappa shape index (κ2) is 7.50. The average Bonchev–Trinajstić information content (AvgIpc) is 2.91. The molecule has 5 nitrogen and oxygen atoms in total. The summed E-state index contributed by atoms with van der Waals surface area (Å²) in [7, 11) is 0. The number of hydrogen-bond acceptors (Lipinski definition) is 3. The first kappa shape index (κ1) is 18.5. The van der Waals surface area contributed by atoms with E-state index in [9.17, 15) is 9.18 Å². The maximum atomic E-state index is 13.9. The maximum absolute atomic E-state index is 13.9.